The molecule has 1 fully saturated rings. The molecule has 4 rings (SSSR count). The molecular formula is C30H29BrN2O5S. The molecule has 1 heterocycles. The van der Waals surface area contributed by atoms with E-state index in [2.05, 4.69) is 22.9 Å². The predicted octanol–water partition coefficient (Wildman–Crippen LogP) is 6.14. The highest BCUT2D eigenvalue weighted by molar-refractivity contribution is 9.10. The quantitative estimate of drug-likeness (QED) is 0.156. The summed E-state index contributed by atoms with van der Waals surface area (Å²) < 4.78 is 17.5. The first kappa shape index (κ1) is 28.3. The lowest BCUT2D eigenvalue weighted by molar-refractivity contribution is -0.140. The van der Waals surface area contributed by atoms with Gasteiger partial charge in [0.25, 0.3) is 5.91 Å². The van der Waals surface area contributed by atoms with Crippen molar-refractivity contribution in [3.63, 3.8) is 0 Å². The van der Waals surface area contributed by atoms with Gasteiger partial charge in [0.05, 0.1) is 23.9 Å². The summed E-state index contributed by atoms with van der Waals surface area (Å²) in [7, 11) is 1.30. The van der Waals surface area contributed by atoms with Gasteiger partial charge in [0.2, 0.25) is 0 Å². The van der Waals surface area contributed by atoms with E-state index in [0.717, 1.165) is 17.5 Å². The van der Waals surface area contributed by atoms with Gasteiger partial charge in [-0.2, -0.15) is 0 Å². The Morgan fingerprint density at radius 1 is 1.00 bits per heavy atom. The van der Waals surface area contributed by atoms with Crippen LogP contribution in [0.4, 0.5) is 5.69 Å². The summed E-state index contributed by atoms with van der Waals surface area (Å²) in [6, 6.07) is 21.1. The van der Waals surface area contributed by atoms with Crippen LogP contribution in [0.15, 0.2) is 76.9 Å². The second-order valence-electron chi connectivity index (χ2n) is 8.67. The smallest absolute Gasteiger partial charge is 0.325 e. The topological polar surface area (TPSA) is 68.3 Å². The van der Waals surface area contributed by atoms with Crippen molar-refractivity contribution in [3.8, 4) is 11.5 Å². The zero-order valence-electron chi connectivity index (χ0n) is 22.0. The van der Waals surface area contributed by atoms with Crippen molar-refractivity contribution in [2.75, 3.05) is 25.2 Å². The molecule has 0 bridgehead atoms. The van der Waals surface area contributed by atoms with Crippen molar-refractivity contribution >= 4 is 56.9 Å². The minimum absolute atomic E-state index is 0.200. The van der Waals surface area contributed by atoms with Crippen LogP contribution in [0.25, 0.3) is 6.08 Å². The molecule has 0 atom stereocenters. The third-order valence-electron chi connectivity index (χ3n) is 6.11. The van der Waals surface area contributed by atoms with Gasteiger partial charge in [0.15, 0.2) is 16.6 Å². The van der Waals surface area contributed by atoms with E-state index in [4.69, 9.17) is 26.4 Å². The molecule has 0 saturated carbocycles. The zero-order valence-corrected chi connectivity index (χ0v) is 24.4. The Balaban J connectivity index is 1.71. The van der Waals surface area contributed by atoms with Gasteiger partial charge in [-0.1, -0.05) is 49.4 Å². The summed E-state index contributed by atoms with van der Waals surface area (Å²) in [5.74, 6) is 0.223. The number of aryl methyl sites for hydroxylation is 1. The Labute approximate surface area is 242 Å². The second-order valence-corrected chi connectivity index (χ2v) is 9.89. The van der Waals surface area contributed by atoms with Gasteiger partial charge in [0, 0.05) is 0 Å². The van der Waals surface area contributed by atoms with E-state index in [1.165, 1.54) is 16.9 Å². The van der Waals surface area contributed by atoms with Crippen molar-refractivity contribution in [1.82, 2.24) is 4.90 Å². The standard InChI is InChI=1S/C30H29BrN2O5S/c1-4-20-11-13-23(14-12-20)33-29(35)25(32(30(33)39)18-27(34)36-3)16-22-15-24(31)28(26(17-22)37-5-2)38-19-21-9-7-6-8-10-21/h6-17H,4-5,18-19H2,1-3H3/b25-16-. The van der Waals surface area contributed by atoms with Gasteiger partial charge in [-0.05, 0) is 88.5 Å². The van der Waals surface area contributed by atoms with Crippen LogP contribution in [-0.4, -0.2) is 42.2 Å². The minimum atomic E-state index is -0.514. The normalized spacial score (nSPS) is 14.2. The number of hydrogen-bond donors (Lipinski definition) is 0. The molecule has 0 N–H and O–H groups in total. The number of carbonyl (C=O) groups excluding carboxylic acids is 2. The molecule has 0 aromatic heterocycles. The highest BCUT2D eigenvalue weighted by atomic mass is 79.9. The highest BCUT2D eigenvalue weighted by Crippen LogP contribution is 2.39. The highest BCUT2D eigenvalue weighted by Gasteiger charge is 2.40. The number of esters is 1. The molecule has 1 aliphatic heterocycles. The number of ether oxygens (including phenoxy) is 3. The van der Waals surface area contributed by atoms with Crippen molar-refractivity contribution in [1.29, 1.82) is 0 Å². The maximum absolute atomic E-state index is 13.7. The minimum Gasteiger partial charge on any atom is -0.490 e. The maximum atomic E-state index is 13.7. The molecule has 1 amide bonds. The SMILES string of the molecule is CCOc1cc(/C=C2/C(=O)N(c3ccc(CC)cc3)C(=S)N2CC(=O)OC)cc(Br)c1OCc1ccccc1. The molecule has 3 aromatic carbocycles. The number of benzene rings is 3. The zero-order chi connectivity index (χ0) is 27.9. The lowest BCUT2D eigenvalue weighted by Crippen LogP contribution is -2.35. The molecule has 202 valence electrons. The van der Waals surface area contributed by atoms with E-state index >= 15 is 0 Å². The lowest BCUT2D eigenvalue weighted by Gasteiger charge is -2.19. The molecule has 1 saturated heterocycles. The van der Waals surface area contributed by atoms with Crippen LogP contribution in [0.2, 0.25) is 0 Å². The summed E-state index contributed by atoms with van der Waals surface area (Å²) >= 11 is 9.27. The van der Waals surface area contributed by atoms with E-state index in [1.807, 2.05) is 67.6 Å². The van der Waals surface area contributed by atoms with E-state index < -0.39 is 5.97 Å². The maximum Gasteiger partial charge on any atom is 0.325 e. The average Bonchev–Trinajstić information content (AvgIpc) is 3.17. The van der Waals surface area contributed by atoms with Crippen LogP contribution in [0, 0.1) is 0 Å². The Bertz CT molecular complexity index is 1390. The fourth-order valence-corrected chi connectivity index (χ4v) is 5.02. The van der Waals surface area contributed by atoms with Gasteiger partial charge in [-0.15, -0.1) is 0 Å². The van der Waals surface area contributed by atoms with Crippen molar-refractivity contribution in [3.05, 3.63) is 93.6 Å². The molecule has 7 nitrogen and oxygen atoms in total. The first-order valence-corrected chi connectivity index (χ1v) is 13.7. The number of methoxy groups -OCH3 is 1. The van der Waals surface area contributed by atoms with Gasteiger partial charge in [-0.3, -0.25) is 14.5 Å². The Morgan fingerprint density at radius 2 is 1.72 bits per heavy atom. The number of rotatable bonds is 10. The summed E-state index contributed by atoms with van der Waals surface area (Å²) in [5, 5.41) is 0.202. The first-order chi connectivity index (χ1) is 18.9. The molecule has 0 aliphatic carbocycles. The van der Waals surface area contributed by atoms with Gasteiger partial charge < -0.3 is 19.1 Å². The van der Waals surface area contributed by atoms with Gasteiger partial charge in [-0.25, -0.2) is 0 Å². The number of halogens is 1. The number of thiocarbonyl (C=S) groups is 1. The third kappa shape index (κ3) is 6.49. The average molecular weight is 610 g/mol. The molecule has 39 heavy (non-hydrogen) atoms. The van der Waals surface area contributed by atoms with Crippen LogP contribution in [-0.2, 0) is 27.4 Å². The first-order valence-electron chi connectivity index (χ1n) is 12.5. The number of anilines is 1. The van der Waals surface area contributed by atoms with Crippen LogP contribution < -0.4 is 14.4 Å². The molecular weight excluding hydrogens is 580 g/mol. The number of carbonyl (C=O) groups is 2. The summed E-state index contributed by atoms with van der Waals surface area (Å²) in [6.45, 7) is 4.54. The third-order valence-corrected chi connectivity index (χ3v) is 7.11. The molecule has 0 radical (unpaired) electrons. The molecule has 0 unspecified atom stereocenters. The summed E-state index contributed by atoms with van der Waals surface area (Å²) in [5.41, 5.74) is 3.70. The number of hydrogen-bond acceptors (Lipinski definition) is 6. The van der Waals surface area contributed by atoms with E-state index in [1.54, 1.807) is 12.1 Å². The van der Waals surface area contributed by atoms with Crippen molar-refractivity contribution in [2.24, 2.45) is 0 Å². The largest absolute Gasteiger partial charge is 0.490 e. The Hall–Kier alpha value is -3.69. The van der Waals surface area contributed by atoms with Gasteiger partial charge >= 0.3 is 5.97 Å². The van der Waals surface area contributed by atoms with Crippen LogP contribution in [0.1, 0.15) is 30.5 Å². The Kier molecular flexibility index (Phi) is 9.37. The lowest BCUT2D eigenvalue weighted by atomic mass is 10.1. The fourth-order valence-electron chi connectivity index (χ4n) is 4.10. The fraction of sp³-hybridized carbons (Fsp3) is 0.233. The summed E-state index contributed by atoms with van der Waals surface area (Å²) in [4.78, 5) is 28.9. The van der Waals surface area contributed by atoms with Crippen LogP contribution in [0.3, 0.4) is 0 Å². The van der Waals surface area contributed by atoms with Crippen LogP contribution >= 0.6 is 28.1 Å². The molecule has 3 aromatic rings. The molecule has 0 spiro atoms. The van der Waals surface area contributed by atoms with Crippen molar-refractivity contribution in [2.45, 2.75) is 26.9 Å². The second kappa shape index (κ2) is 12.9. The Morgan fingerprint density at radius 3 is 2.36 bits per heavy atom. The van der Waals surface area contributed by atoms with E-state index in [0.29, 0.717) is 40.4 Å². The molecule has 1 aliphatic rings. The predicted molar refractivity (Wildman–Crippen MR) is 159 cm³/mol. The van der Waals surface area contributed by atoms with Crippen molar-refractivity contribution < 1.29 is 23.8 Å². The van der Waals surface area contributed by atoms with E-state index in [9.17, 15) is 9.59 Å². The number of amides is 1. The summed E-state index contributed by atoms with van der Waals surface area (Å²) in [6.07, 6.45) is 2.56. The van der Waals surface area contributed by atoms with Crippen LogP contribution in [0.5, 0.6) is 11.5 Å². The van der Waals surface area contributed by atoms with E-state index in [-0.39, 0.29) is 23.3 Å². The molecule has 9 heteroatoms. The monoisotopic (exact) mass is 608 g/mol. The number of nitrogens with zero attached hydrogens (tertiary/aromatic N) is 2. The van der Waals surface area contributed by atoms with Gasteiger partial charge in [0.1, 0.15) is 18.8 Å².